The molecule has 0 aliphatic heterocycles. The molecule has 0 heterocycles. The van der Waals surface area contributed by atoms with Gasteiger partial charge in [-0.2, -0.15) is 5.26 Å². The number of nitriles is 1. The van der Waals surface area contributed by atoms with Gasteiger partial charge in [0.25, 0.3) is 5.91 Å². The summed E-state index contributed by atoms with van der Waals surface area (Å²) in [5.74, 6) is -1.22. The monoisotopic (exact) mass is 347 g/mol. The summed E-state index contributed by atoms with van der Waals surface area (Å²) in [7, 11) is 0. The number of hydrogen-bond donors (Lipinski definition) is 2. The first-order valence-corrected chi connectivity index (χ1v) is 7.77. The second-order valence-electron chi connectivity index (χ2n) is 5.19. The van der Waals surface area contributed by atoms with Gasteiger partial charge in [-0.15, -0.1) is 0 Å². The molecule has 0 aromatic heterocycles. The third-order valence-electron chi connectivity index (χ3n) is 3.10. The lowest BCUT2D eigenvalue weighted by Crippen LogP contribution is -2.46. The summed E-state index contributed by atoms with van der Waals surface area (Å²) < 4.78 is 10.2. The van der Waals surface area contributed by atoms with Crippen LogP contribution in [-0.2, 0) is 19.1 Å². The predicted molar refractivity (Wildman–Crippen MR) is 88.5 cm³/mol. The van der Waals surface area contributed by atoms with Crippen LogP contribution in [0.5, 0.6) is 5.75 Å². The van der Waals surface area contributed by atoms with Crippen LogP contribution >= 0.6 is 0 Å². The highest BCUT2D eigenvalue weighted by Gasteiger charge is 2.19. The van der Waals surface area contributed by atoms with E-state index in [1.54, 1.807) is 31.2 Å². The van der Waals surface area contributed by atoms with Crippen LogP contribution in [0.4, 0.5) is 0 Å². The smallest absolute Gasteiger partial charge is 0.347 e. The van der Waals surface area contributed by atoms with Crippen LogP contribution in [0.25, 0.3) is 0 Å². The van der Waals surface area contributed by atoms with E-state index in [-0.39, 0.29) is 5.91 Å². The summed E-state index contributed by atoms with van der Waals surface area (Å²) in [6, 6.07) is 7.49. The number of ether oxygens (including phenoxy) is 2. The molecule has 0 aliphatic rings. The molecule has 1 rings (SSSR count). The lowest BCUT2D eigenvalue weighted by atomic mass is 10.2. The van der Waals surface area contributed by atoms with Crippen molar-refractivity contribution in [1.29, 1.82) is 5.26 Å². The summed E-state index contributed by atoms with van der Waals surface area (Å²) in [5.41, 5.74) is 0.473. The van der Waals surface area contributed by atoms with Gasteiger partial charge < -0.3 is 20.1 Å². The molecule has 0 aliphatic carbocycles. The Labute approximate surface area is 146 Å². The molecule has 0 saturated carbocycles. The van der Waals surface area contributed by atoms with Crippen LogP contribution in [-0.4, -0.2) is 43.1 Å². The van der Waals surface area contributed by atoms with Crippen molar-refractivity contribution in [3.8, 4) is 11.8 Å². The Kier molecular flexibility index (Phi) is 7.93. The van der Waals surface area contributed by atoms with Gasteiger partial charge in [-0.25, -0.2) is 4.79 Å². The van der Waals surface area contributed by atoms with E-state index in [0.29, 0.717) is 17.9 Å². The second kappa shape index (κ2) is 9.93. The molecule has 0 unspecified atom stereocenters. The van der Waals surface area contributed by atoms with Gasteiger partial charge in [0.1, 0.15) is 11.8 Å². The molecule has 8 heteroatoms. The Balaban J connectivity index is 2.40. The molecule has 8 nitrogen and oxygen atoms in total. The molecular formula is C17H21N3O5. The van der Waals surface area contributed by atoms with E-state index in [1.807, 2.05) is 6.07 Å². The quantitative estimate of drug-likeness (QED) is 0.662. The van der Waals surface area contributed by atoms with Crippen molar-refractivity contribution < 1.29 is 23.9 Å². The zero-order chi connectivity index (χ0) is 18.8. The Morgan fingerprint density at radius 1 is 1.20 bits per heavy atom. The minimum atomic E-state index is -0.929. The fourth-order valence-electron chi connectivity index (χ4n) is 1.79. The molecule has 1 aromatic rings. The van der Waals surface area contributed by atoms with Crippen LogP contribution < -0.4 is 15.4 Å². The fourth-order valence-corrected chi connectivity index (χ4v) is 1.79. The molecule has 0 fully saturated rings. The maximum atomic E-state index is 11.8. The van der Waals surface area contributed by atoms with Gasteiger partial charge >= 0.3 is 5.97 Å². The standard InChI is InChI=1S/C17H21N3O5/c1-4-19-16(22)11(2)20-15(21)10-24-17(23)12(3)25-14-7-5-13(9-18)6-8-14/h5-8,11-12H,4,10H2,1-3H3,(H,19,22)(H,20,21)/t11-,12-/m1/s1. The number of carbonyl (C=O) groups is 3. The van der Waals surface area contributed by atoms with Crippen LogP contribution in [0.1, 0.15) is 26.3 Å². The topological polar surface area (TPSA) is 118 Å². The number of rotatable bonds is 8. The maximum absolute atomic E-state index is 11.8. The van der Waals surface area contributed by atoms with E-state index in [9.17, 15) is 14.4 Å². The number of benzene rings is 1. The number of carbonyl (C=O) groups excluding carboxylic acids is 3. The minimum absolute atomic E-state index is 0.320. The van der Waals surface area contributed by atoms with Crippen molar-refractivity contribution in [2.75, 3.05) is 13.2 Å². The first kappa shape index (κ1) is 20.0. The van der Waals surface area contributed by atoms with E-state index in [0.717, 1.165) is 0 Å². The molecule has 0 saturated heterocycles. The summed E-state index contributed by atoms with van der Waals surface area (Å²) in [5, 5.41) is 13.7. The van der Waals surface area contributed by atoms with E-state index in [4.69, 9.17) is 14.7 Å². The normalized spacial score (nSPS) is 12.2. The SMILES string of the molecule is CCNC(=O)[C@@H](C)NC(=O)COC(=O)[C@@H](C)Oc1ccc(C#N)cc1. The zero-order valence-electron chi connectivity index (χ0n) is 14.4. The lowest BCUT2D eigenvalue weighted by Gasteiger charge is -2.15. The van der Waals surface area contributed by atoms with Gasteiger partial charge in [0.2, 0.25) is 5.91 Å². The van der Waals surface area contributed by atoms with Crippen LogP contribution in [0.3, 0.4) is 0 Å². The van der Waals surface area contributed by atoms with Crippen molar-refractivity contribution >= 4 is 17.8 Å². The largest absolute Gasteiger partial charge is 0.479 e. The van der Waals surface area contributed by atoms with Crippen LogP contribution in [0.2, 0.25) is 0 Å². The average molecular weight is 347 g/mol. The van der Waals surface area contributed by atoms with Crippen molar-refractivity contribution in [3.05, 3.63) is 29.8 Å². The zero-order valence-corrected chi connectivity index (χ0v) is 14.4. The van der Waals surface area contributed by atoms with Crippen LogP contribution in [0.15, 0.2) is 24.3 Å². The highest BCUT2D eigenvalue weighted by atomic mass is 16.6. The molecule has 25 heavy (non-hydrogen) atoms. The van der Waals surface area contributed by atoms with E-state index < -0.39 is 30.6 Å². The maximum Gasteiger partial charge on any atom is 0.347 e. The van der Waals surface area contributed by atoms with Crippen molar-refractivity contribution in [1.82, 2.24) is 10.6 Å². The number of esters is 1. The Bertz CT molecular complexity index is 651. The molecule has 2 amide bonds. The van der Waals surface area contributed by atoms with Crippen LogP contribution in [0, 0.1) is 11.3 Å². The number of likely N-dealkylation sites (N-methyl/N-ethyl adjacent to an activating group) is 1. The molecule has 1 aromatic carbocycles. The third-order valence-corrected chi connectivity index (χ3v) is 3.10. The first-order chi connectivity index (χ1) is 11.9. The van der Waals surface area contributed by atoms with Gasteiger partial charge in [-0.1, -0.05) is 0 Å². The van der Waals surface area contributed by atoms with Gasteiger partial charge in [0, 0.05) is 6.54 Å². The summed E-state index contributed by atoms with van der Waals surface area (Å²) in [6.45, 7) is 4.72. The number of nitrogens with one attached hydrogen (secondary N) is 2. The molecule has 0 radical (unpaired) electrons. The Hall–Kier alpha value is -3.08. The third kappa shape index (κ3) is 6.91. The molecule has 134 valence electrons. The summed E-state index contributed by atoms with van der Waals surface area (Å²) in [6.07, 6.45) is -0.929. The van der Waals surface area contributed by atoms with E-state index >= 15 is 0 Å². The van der Waals surface area contributed by atoms with Gasteiger partial charge in [0.05, 0.1) is 11.6 Å². The molecule has 0 bridgehead atoms. The Morgan fingerprint density at radius 2 is 1.84 bits per heavy atom. The molecule has 0 spiro atoms. The second-order valence-corrected chi connectivity index (χ2v) is 5.19. The van der Waals surface area contributed by atoms with Crippen molar-refractivity contribution in [3.63, 3.8) is 0 Å². The molecular weight excluding hydrogens is 326 g/mol. The number of nitrogens with zero attached hydrogens (tertiary/aromatic N) is 1. The first-order valence-electron chi connectivity index (χ1n) is 7.77. The molecule has 2 N–H and O–H groups in total. The average Bonchev–Trinajstić information content (AvgIpc) is 2.60. The van der Waals surface area contributed by atoms with E-state index in [1.165, 1.54) is 13.8 Å². The summed E-state index contributed by atoms with van der Waals surface area (Å²) in [4.78, 5) is 35.0. The number of hydrogen-bond acceptors (Lipinski definition) is 6. The lowest BCUT2D eigenvalue weighted by molar-refractivity contribution is -0.155. The van der Waals surface area contributed by atoms with Gasteiger partial charge in [0.15, 0.2) is 12.7 Å². The van der Waals surface area contributed by atoms with Crippen molar-refractivity contribution in [2.24, 2.45) is 0 Å². The van der Waals surface area contributed by atoms with Gasteiger partial charge in [-0.3, -0.25) is 9.59 Å². The Morgan fingerprint density at radius 3 is 2.40 bits per heavy atom. The minimum Gasteiger partial charge on any atom is -0.479 e. The van der Waals surface area contributed by atoms with Gasteiger partial charge in [-0.05, 0) is 45.0 Å². The highest BCUT2D eigenvalue weighted by molar-refractivity contribution is 5.88. The van der Waals surface area contributed by atoms with E-state index in [2.05, 4.69) is 10.6 Å². The summed E-state index contributed by atoms with van der Waals surface area (Å²) >= 11 is 0. The predicted octanol–water partition coefficient (Wildman–Crippen LogP) is 0.510. The molecule has 2 atom stereocenters. The fraction of sp³-hybridized carbons (Fsp3) is 0.412. The van der Waals surface area contributed by atoms with Crippen molar-refractivity contribution in [2.45, 2.75) is 32.9 Å². The highest BCUT2D eigenvalue weighted by Crippen LogP contribution is 2.13. The number of amides is 2.